The van der Waals surface area contributed by atoms with Gasteiger partial charge in [-0.2, -0.15) is 0 Å². The van der Waals surface area contributed by atoms with E-state index in [9.17, 15) is 0 Å². The molecule has 0 radical (unpaired) electrons. The van der Waals surface area contributed by atoms with E-state index in [4.69, 9.17) is 10.5 Å². The highest BCUT2D eigenvalue weighted by Crippen LogP contribution is 2.41. The Morgan fingerprint density at radius 3 is 2.37 bits per heavy atom. The molecule has 2 N–H and O–H groups in total. The molecule has 0 heterocycles. The molecular weight excluding hydrogens is 234 g/mol. The molecular formula is C17H33NO. The maximum Gasteiger partial charge on any atom is 0.0837 e. The van der Waals surface area contributed by atoms with E-state index in [0.717, 1.165) is 12.5 Å². The first kappa shape index (κ1) is 15.3. The molecule has 0 aliphatic heterocycles. The lowest BCUT2D eigenvalue weighted by atomic mass is 9.70. The van der Waals surface area contributed by atoms with Gasteiger partial charge in [-0.3, -0.25) is 0 Å². The molecule has 3 atom stereocenters. The summed E-state index contributed by atoms with van der Waals surface area (Å²) in [5, 5.41) is 0. The highest BCUT2D eigenvalue weighted by Gasteiger charge is 2.43. The van der Waals surface area contributed by atoms with Crippen LogP contribution in [0, 0.1) is 11.8 Å². The summed E-state index contributed by atoms with van der Waals surface area (Å²) in [5.74, 6) is 1.47. The van der Waals surface area contributed by atoms with Crippen molar-refractivity contribution in [1.29, 1.82) is 0 Å². The zero-order chi connectivity index (χ0) is 13.7. The highest BCUT2D eigenvalue weighted by molar-refractivity contribution is 4.98. The van der Waals surface area contributed by atoms with Crippen LogP contribution in [0.1, 0.15) is 78.1 Å². The fraction of sp³-hybridized carbons (Fsp3) is 1.00. The van der Waals surface area contributed by atoms with Gasteiger partial charge in [-0.25, -0.2) is 0 Å². The van der Waals surface area contributed by atoms with Crippen molar-refractivity contribution < 1.29 is 4.74 Å². The predicted molar refractivity (Wildman–Crippen MR) is 81.2 cm³/mol. The van der Waals surface area contributed by atoms with Gasteiger partial charge in [0.1, 0.15) is 0 Å². The summed E-state index contributed by atoms with van der Waals surface area (Å²) in [6, 6.07) is 0.258. The van der Waals surface area contributed by atoms with Gasteiger partial charge >= 0.3 is 0 Å². The molecule has 2 nitrogen and oxygen atoms in total. The molecule has 2 saturated carbocycles. The number of nitrogens with two attached hydrogens (primary N) is 1. The van der Waals surface area contributed by atoms with Crippen molar-refractivity contribution in [2.45, 2.75) is 89.7 Å². The second-order valence-corrected chi connectivity index (χ2v) is 6.98. The molecule has 0 saturated heterocycles. The SMILES string of the molecule is CCOC1(C(N)C2CCCCCC2)CCCC(C)C1. The molecule has 112 valence electrons. The van der Waals surface area contributed by atoms with Crippen molar-refractivity contribution in [2.75, 3.05) is 6.61 Å². The molecule has 2 aliphatic carbocycles. The fourth-order valence-electron chi connectivity index (χ4n) is 4.46. The molecule has 19 heavy (non-hydrogen) atoms. The van der Waals surface area contributed by atoms with Crippen LogP contribution >= 0.6 is 0 Å². The molecule has 3 unspecified atom stereocenters. The molecule has 2 heteroatoms. The van der Waals surface area contributed by atoms with Crippen LogP contribution in [-0.2, 0) is 4.74 Å². The Labute approximate surface area is 119 Å². The second kappa shape index (κ2) is 7.08. The van der Waals surface area contributed by atoms with Gasteiger partial charge in [-0.1, -0.05) is 45.4 Å². The molecule has 0 aromatic carbocycles. The van der Waals surface area contributed by atoms with E-state index in [-0.39, 0.29) is 11.6 Å². The fourth-order valence-corrected chi connectivity index (χ4v) is 4.46. The number of hydrogen-bond acceptors (Lipinski definition) is 2. The molecule has 2 aliphatic rings. The minimum Gasteiger partial charge on any atom is -0.374 e. The van der Waals surface area contributed by atoms with Crippen molar-refractivity contribution >= 4 is 0 Å². The Morgan fingerprint density at radius 1 is 1.11 bits per heavy atom. The monoisotopic (exact) mass is 267 g/mol. The third-order valence-electron chi connectivity index (χ3n) is 5.44. The van der Waals surface area contributed by atoms with Gasteiger partial charge in [0.05, 0.1) is 5.60 Å². The van der Waals surface area contributed by atoms with Crippen LogP contribution in [0.25, 0.3) is 0 Å². The van der Waals surface area contributed by atoms with Crippen LogP contribution in [0.5, 0.6) is 0 Å². The second-order valence-electron chi connectivity index (χ2n) is 6.98. The van der Waals surface area contributed by atoms with Crippen LogP contribution in [-0.4, -0.2) is 18.2 Å². The molecule has 0 aromatic heterocycles. The highest BCUT2D eigenvalue weighted by atomic mass is 16.5. The Morgan fingerprint density at radius 2 is 1.79 bits per heavy atom. The average molecular weight is 267 g/mol. The van der Waals surface area contributed by atoms with Crippen molar-refractivity contribution in [2.24, 2.45) is 17.6 Å². The van der Waals surface area contributed by atoms with E-state index in [1.165, 1.54) is 64.2 Å². The smallest absolute Gasteiger partial charge is 0.0837 e. The van der Waals surface area contributed by atoms with Gasteiger partial charge in [0, 0.05) is 12.6 Å². The zero-order valence-corrected chi connectivity index (χ0v) is 13.0. The van der Waals surface area contributed by atoms with E-state index >= 15 is 0 Å². The summed E-state index contributed by atoms with van der Waals surface area (Å²) in [4.78, 5) is 0. The Balaban J connectivity index is 2.07. The summed E-state index contributed by atoms with van der Waals surface area (Å²) in [5.41, 5.74) is 6.74. The standard InChI is InChI=1S/C17H33NO/c1-3-19-17(12-8-9-14(2)13-17)16(18)15-10-6-4-5-7-11-15/h14-16H,3-13,18H2,1-2H3. The van der Waals surface area contributed by atoms with E-state index < -0.39 is 0 Å². The molecule has 2 rings (SSSR count). The summed E-state index contributed by atoms with van der Waals surface area (Å²) in [7, 11) is 0. The Bertz CT molecular complexity index is 256. The Hall–Kier alpha value is -0.0800. The van der Waals surface area contributed by atoms with Gasteiger partial charge in [0.2, 0.25) is 0 Å². The third kappa shape index (κ3) is 3.72. The normalized spacial score (nSPS) is 35.8. The zero-order valence-electron chi connectivity index (χ0n) is 13.0. The largest absolute Gasteiger partial charge is 0.374 e. The summed E-state index contributed by atoms with van der Waals surface area (Å²) in [6.07, 6.45) is 13.2. The van der Waals surface area contributed by atoms with Crippen LogP contribution in [0.3, 0.4) is 0 Å². The summed E-state index contributed by atoms with van der Waals surface area (Å²) in [6.45, 7) is 5.31. The van der Waals surface area contributed by atoms with Gasteiger partial charge in [-0.05, 0) is 44.4 Å². The van der Waals surface area contributed by atoms with Crippen molar-refractivity contribution in [3.63, 3.8) is 0 Å². The van der Waals surface area contributed by atoms with E-state index in [1.807, 2.05) is 0 Å². The van der Waals surface area contributed by atoms with Crippen LogP contribution in [0.4, 0.5) is 0 Å². The number of hydrogen-bond donors (Lipinski definition) is 1. The lowest BCUT2D eigenvalue weighted by molar-refractivity contribution is -0.105. The molecule has 0 bridgehead atoms. The van der Waals surface area contributed by atoms with Crippen molar-refractivity contribution in [3.8, 4) is 0 Å². The number of rotatable bonds is 4. The van der Waals surface area contributed by atoms with Gasteiger partial charge in [0.25, 0.3) is 0 Å². The van der Waals surface area contributed by atoms with Gasteiger partial charge in [-0.15, -0.1) is 0 Å². The van der Waals surface area contributed by atoms with Gasteiger partial charge < -0.3 is 10.5 Å². The first-order valence-corrected chi connectivity index (χ1v) is 8.57. The maximum atomic E-state index is 6.75. The summed E-state index contributed by atoms with van der Waals surface area (Å²) < 4.78 is 6.27. The van der Waals surface area contributed by atoms with Crippen LogP contribution in [0.15, 0.2) is 0 Å². The molecule has 2 fully saturated rings. The lowest BCUT2D eigenvalue weighted by Gasteiger charge is -2.46. The quantitative estimate of drug-likeness (QED) is 0.772. The first-order valence-electron chi connectivity index (χ1n) is 8.57. The van der Waals surface area contributed by atoms with Crippen molar-refractivity contribution in [1.82, 2.24) is 0 Å². The lowest BCUT2D eigenvalue weighted by Crippen LogP contribution is -2.56. The van der Waals surface area contributed by atoms with E-state index in [2.05, 4.69) is 13.8 Å². The third-order valence-corrected chi connectivity index (χ3v) is 5.44. The van der Waals surface area contributed by atoms with E-state index in [0.29, 0.717) is 5.92 Å². The van der Waals surface area contributed by atoms with Crippen LogP contribution in [0.2, 0.25) is 0 Å². The van der Waals surface area contributed by atoms with Crippen molar-refractivity contribution in [3.05, 3.63) is 0 Å². The molecule has 0 amide bonds. The van der Waals surface area contributed by atoms with Crippen LogP contribution < -0.4 is 5.73 Å². The predicted octanol–water partition coefficient (Wildman–Crippen LogP) is 4.27. The summed E-state index contributed by atoms with van der Waals surface area (Å²) >= 11 is 0. The van der Waals surface area contributed by atoms with E-state index in [1.54, 1.807) is 0 Å². The first-order chi connectivity index (χ1) is 9.18. The number of ether oxygens (including phenoxy) is 1. The van der Waals surface area contributed by atoms with Gasteiger partial charge in [0.15, 0.2) is 0 Å². The molecule has 0 spiro atoms. The Kier molecular flexibility index (Phi) is 5.70. The minimum atomic E-state index is -0.0125. The average Bonchev–Trinajstić information content (AvgIpc) is 2.67. The minimum absolute atomic E-state index is 0.0125. The molecule has 0 aromatic rings. The topological polar surface area (TPSA) is 35.2 Å². The maximum absolute atomic E-state index is 6.75.